The molecule has 0 radical (unpaired) electrons. The van der Waals surface area contributed by atoms with E-state index in [9.17, 15) is 14.4 Å². The molecule has 3 N–H and O–H groups in total. The Bertz CT molecular complexity index is 654. The van der Waals surface area contributed by atoms with Crippen LogP contribution in [-0.2, 0) is 32.1 Å². The minimum absolute atomic E-state index is 0.0101. The van der Waals surface area contributed by atoms with Gasteiger partial charge in [0.1, 0.15) is 6.61 Å². The Kier molecular flexibility index (Phi) is 10.5. The van der Waals surface area contributed by atoms with Crippen LogP contribution >= 0.6 is 0 Å². The number of amides is 2. The number of allylic oxidation sites excluding steroid dienone is 2. The number of hydrogen-bond acceptors (Lipinski definition) is 5. The Balaban J connectivity index is 2.26. The Morgan fingerprint density at radius 2 is 1.70 bits per heavy atom. The zero-order chi connectivity index (χ0) is 20.1. The molecule has 0 aliphatic rings. The minimum Gasteiger partial charge on any atom is -0.392 e. The Labute approximate surface area is 160 Å². The van der Waals surface area contributed by atoms with Gasteiger partial charge in [-0.15, -0.1) is 0 Å². The summed E-state index contributed by atoms with van der Waals surface area (Å²) in [4.78, 5) is 34.3. The van der Waals surface area contributed by atoms with Gasteiger partial charge in [0.05, 0.1) is 0 Å². The van der Waals surface area contributed by atoms with Gasteiger partial charge < -0.3 is 20.7 Å². The lowest BCUT2D eigenvalue weighted by molar-refractivity contribution is -0.126. The first-order chi connectivity index (χ1) is 12.9. The van der Waals surface area contributed by atoms with Crippen molar-refractivity contribution < 1.29 is 19.1 Å². The van der Waals surface area contributed by atoms with Crippen molar-refractivity contribution in [3.05, 3.63) is 47.2 Å². The van der Waals surface area contributed by atoms with Gasteiger partial charge in [-0.3, -0.25) is 14.4 Å². The van der Waals surface area contributed by atoms with Crippen LogP contribution in [0.2, 0.25) is 0 Å². The maximum Gasteiger partial charge on any atom is 0.246 e. The Hall–Kier alpha value is -2.67. The summed E-state index contributed by atoms with van der Waals surface area (Å²) in [6.07, 6.45) is 2.60. The molecule has 0 spiro atoms. The van der Waals surface area contributed by atoms with E-state index in [-0.39, 0.29) is 24.2 Å². The van der Waals surface area contributed by atoms with E-state index in [1.165, 1.54) is 6.92 Å². The molecule has 148 valence electrons. The molecule has 0 saturated heterocycles. The predicted molar refractivity (Wildman–Crippen MR) is 104 cm³/mol. The second-order valence-electron chi connectivity index (χ2n) is 6.20. The number of rotatable bonds is 12. The van der Waals surface area contributed by atoms with E-state index in [2.05, 4.69) is 16.0 Å². The fourth-order valence-electron chi connectivity index (χ4n) is 2.20. The van der Waals surface area contributed by atoms with Crippen LogP contribution in [0.15, 0.2) is 36.0 Å². The molecule has 0 unspecified atom stereocenters. The van der Waals surface area contributed by atoms with E-state index in [0.29, 0.717) is 32.5 Å². The van der Waals surface area contributed by atoms with Gasteiger partial charge in [-0.25, -0.2) is 0 Å². The molecule has 2 amide bonds. The summed E-state index contributed by atoms with van der Waals surface area (Å²) >= 11 is 0. The van der Waals surface area contributed by atoms with Gasteiger partial charge in [0.25, 0.3) is 0 Å². The number of hydrogen-bond donors (Lipinski definition) is 3. The standard InChI is InChI=1S/C20H29N3O4/c1-15(21-3)11-19(25)12-17-5-7-18(8-6-17)13-23-20(26)14-27-10-4-9-22-16(2)24/h5-8,11,21H,4,9-10,12-14H2,1-3H3,(H,22,24)(H,23,26)/b15-11-. The Morgan fingerprint density at radius 1 is 1.04 bits per heavy atom. The summed E-state index contributed by atoms with van der Waals surface area (Å²) < 4.78 is 5.26. The molecule has 27 heavy (non-hydrogen) atoms. The topological polar surface area (TPSA) is 96.5 Å². The van der Waals surface area contributed by atoms with E-state index in [4.69, 9.17) is 4.74 Å². The molecule has 0 aliphatic carbocycles. The number of nitrogens with one attached hydrogen (secondary N) is 3. The van der Waals surface area contributed by atoms with E-state index in [0.717, 1.165) is 16.8 Å². The lowest BCUT2D eigenvalue weighted by Gasteiger charge is -2.07. The molecule has 0 aliphatic heterocycles. The molecule has 0 fully saturated rings. The third kappa shape index (κ3) is 10.8. The van der Waals surface area contributed by atoms with Crippen LogP contribution in [0.4, 0.5) is 0 Å². The van der Waals surface area contributed by atoms with E-state index in [1.807, 2.05) is 31.2 Å². The average Bonchev–Trinajstić information content (AvgIpc) is 2.63. The molecular weight excluding hydrogens is 346 g/mol. The number of carbonyl (C=O) groups is 3. The third-order valence-electron chi connectivity index (χ3n) is 3.74. The summed E-state index contributed by atoms with van der Waals surface area (Å²) in [6, 6.07) is 7.57. The van der Waals surface area contributed by atoms with Gasteiger partial charge in [0.2, 0.25) is 11.8 Å². The quantitative estimate of drug-likeness (QED) is 0.375. The molecule has 0 heterocycles. The average molecular weight is 375 g/mol. The van der Waals surface area contributed by atoms with Crippen LogP contribution < -0.4 is 16.0 Å². The number of ketones is 1. The van der Waals surface area contributed by atoms with Gasteiger partial charge in [0, 0.05) is 51.9 Å². The molecule has 0 saturated carbocycles. The first-order valence-corrected chi connectivity index (χ1v) is 8.96. The van der Waals surface area contributed by atoms with Crippen molar-refractivity contribution >= 4 is 17.6 Å². The minimum atomic E-state index is -0.193. The van der Waals surface area contributed by atoms with Gasteiger partial charge in [-0.1, -0.05) is 24.3 Å². The smallest absolute Gasteiger partial charge is 0.246 e. The normalized spacial score (nSPS) is 11.0. The third-order valence-corrected chi connectivity index (χ3v) is 3.74. The predicted octanol–water partition coefficient (Wildman–Crippen LogP) is 1.08. The van der Waals surface area contributed by atoms with Crippen molar-refractivity contribution in [2.75, 3.05) is 26.8 Å². The molecule has 0 bridgehead atoms. The van der Waals surface area contributed by atoms with Crippen molar-refractivity contribution in [2.24, 2.45) is 0 Å². The van der Waals surface area contributed by atoms with Crippen molar-refractivity contribution in [1.29, 1.82) is 0 Å². The largest absolute Gasteiger partial charge is 0.392 e. The van der Waals surface area contributed by atoms with E-state index < -0.39 is 0 Å². The summed E-state index contributed by atoms with van der Waals surface area (Å²) in [6.45, 7) is 4.65. The van der Waals surface area contributed by atoms with Crippen LogP contribution in [0.5, 0.6) is 0 Å². The fraction of sp³-hybridized carbons (Fsp3) is 0.450. The maximum atomic E-state index is 11.9. The highest BCUT2D eigenvalue weighted by Gasteiger charge is 2.04. The Morgan fingerprint density at radius 3 is 2.33 bits per heavy atom. The van der Waals surface area contributed by atoms with Crippen LogP contribution in [-0.4, -0.2) is 44.4 Å². The molecule has 0 aromatic heterocycles. The second-order valence-corrected chi connectivity index (χ2v) is 6.20. The zero-order valence-electron chi connectivity index (χ0n) is 16.3. The monoisotopic (exact) mass is 375 g/mol. The van der Waals surface area contributed by atoms with Gasteiger partial charge >= 0.3 is 0 Å². The molecule has 1 aromatic rings. The van der Waals surface area contributed by atoms with Crippen LogP contribution in [0.3, 0.4) is 0 Å². The molecule has 1 aromatic carbocycles. The molecule has 7 nitrogen and oxygen atoms in total. The summed E-state index contributed by atoms with van der Waals surface area (Å²) in [5, 5.41) is 8.37. The molecule has 1 rings (SSSR count). The maximum absolute atomic E-state index is 11.9. The summed E-state index contributed by atoms with van der Waals surface area (Å²) in [5.74, 6) is -0.229. The van der Waals surface area contributed by atoms with Crippen LogP contribution in [0.25, 0.3) is 0 Å². The SMILES string of the molecule is CN/C(C)=C\C(=O)Cc1ccc(CNC(=O)COCCCNC(C)=O)cc1. The van der Waals surface area contributed by atoms with Crippen LogP contribution in [0, 0.1) is 0 Å². The summed E-state index contributed by atoms with van der Waals surface area (Å²) in [7, 11) is 1.78. The zero-order valence-corrected chi connectivity index (χ0v) is 16.3. The van der Waals surface area contributed by atoms with Crippen molar-refractivity contribution in [1.82, 2.24) is 16.0 Å². The van der Waals surface area contributed by atoms with Crippen molar-refractivity contribution in [3.63, 3.8) is 0 Å². The van der Waals surface area contributed by atoms with Crippen LogP contribution in [0.1, 0.15) is 31.4 Å². The van der Waals surface area contributed by atoms with Gasteiger partial charge in [-0.05, 0) is 24.5 Å². The first-order valence-electron chi connectivity index (χ1n) is 8.96. The number of carbonyl (C=O) groups excluding carboxylic acids is 3. The number of benzene rings is 1. The molecular formula is C20H29N3O4. The van der Waals surface area contributed by atoms with E-state index in [1.54, 1.807) is 13.1 Å². The highest BCUT2D eigenvalue weighted by molar-refractivity contribution is 5.91. The number of ether oxygens (including phenoxy) is 1. The lowest BCUT2D eigenvalue weighted by Crippen LogP contribution is -2.28. The summed E-state index contributed by atoms with van der Waals surface area (Å²) in [5.41, 5.74) is 2.71. The van der Waals surface area contributed by atoms with E-state index >= 15 is 0 Å². The second kappa shape index (κ2) is 12.6. The highest BCUT2D eigenvalue weighted by atomic mass is 16.5. The molecule has 7 heteroatoms. The highest BCUT2D eigenvalue weighted by Crippen LogP contribution is 2.06. The lowest BCUT2D eigenvalue weighted by atomic mass is 10.1. The van der Waals surface area contributed by atoms with Gasteiger partial charge in [0.15, 0.2) is 5.78 Å². The first kappa shape index (κ1) is 22.4. The molecule has 0 atom stereocenters. The van der Waals surface area contributed by atoms with Crippen molar-refractivity contribution in [3.8, 4) is 0 Å². The van der Waals surface area contributed by atoms with Gasteiger partial charge in [-0.2, -0.15) is 0 Å². The fourth-order valence-corrected chi connectivity index (χ4v) is 2.20. The van der Waals surface area contributed by atoms with Crippen molar-refractivity contribution in [2.45, 2.75) is 33.2 Å².